The van der Waals surface area contributed by atoms with Crippen LogP contribution in [0.2, 0.25) is 0 Å². The lowest BCUT2D eigenvalue weighted by Crippen LogP contribution is -2.24. The third-order valence-corrected chi connectivity index (χ3v) is 0.923. The first-order chi connectivity index (χ1) is 5.59. The van der Waals surface area contributed by atoms with Crippen molar-refractivity contribution in [3.8, 4) is 0 Å². The third kappa shape index (κ3) is 18.4. The zero-order valence-electron chi connectivity index (χ0n) is 8.94. The highest BCUT2D eigenvalue weighted by Crippen LogP contribution is 1.84. The molecule has 2 N–H and O–H groups in total. The summed E-state index contributed by atoms with van der Waals surface area (Å²) < 4.78 is 0. The molecular formula is C9H21ClN2O. The second kappa shape index (κ2) is 14.0. The van der Waals surface area contributed by atoms with Crippen molar-refractivity contribution in [3.05, 3.63) is 12.2 Å². The van der Waals surface area contributed by atoms with Gasteiger partial charge in [0.25, 0.3) is 0 Å². The quantitative estimate of drug-likeness (QED) is 0.688. The molecule has 0 aliphatic rings. The minimum Gasteiger partial charge on any atom is -0.352 e. The summed E-state index contributed by atoms with van der Waals surface area (Å²) in [5.41, 5.74) is 0.573. The minimum atomic E-state index is -0.0446. The van der Waals surface area contributed by atoms with Crippen molar-refractivity contribution >= 4 is 18.3 Å². The molecule has 0 saturated heterocycles. The molecular weight excluding hydrogens is 188 g/mol. The second-order valence-electron chi connectivity index (χ2n) is 2.54. The summed E-state index contributed by atoms with van der Waals surface area (Å²) in [6.45, 7) is 7.95. The first kappa shape index (κ1) is 18.3. The number of amides is 1. The summed E-state index contributed by atoms with van der Waals surface area (Å²) in [5.74, 6) is -0.0446. The van der Waals surface area contributed by atoms with Gasteiger partial charge in [-0.05, 0) is 27.4 Å². The van der Waals surface area contributed by atoms with E-state index in [1.807, 2.05) is 21.0 Å². The van der Waals surface area contributed by atoms with Crippen molar-refractivity contribution in [2.24, 2.45) is 0 Å². The fraction of sp³-hybridized carbons (Fsp3) is 0.667. The van der Waals surface area contributed by atoms with Crippen LogP contribution in [0.3, 0.4) is 0 Å². The number of hydrogen-bond donors (Lipinski definition) is 2. The second-order valence-corrected chi connectivity index (χ2v) is 2.54. The van der Waals surface area contributed by atoms with Gasteiger partial charge in [-0.15, -0.1) is 12.4 Å². The zero-order chi connectivity index (χ0) is 9.98. The number of carbonyl (C=O) groups excluding carboxylic acids is 1. The number of hydrogen-bond acceptors (Lipinski definition) is 2. The van der Waals surface area contributed by atoms with Crippen LogP contribution in [-0.4, -0.2) is 26.5 Å². The number of rotatable bonds is 3. The van der Waals surface area contributed by atoms with E-state index in [4.69, 9.17) is 0 Å². The molecule has 0 bridgehead atoms. The molecule has 3 nitrogen and oxygen atoms in total. The molecule has 1 amide bonds. The van der Waals surface area contributed by atoms with Crippen molar-refractivity contribution in [3.63, 3.8) is 0 Å². The third-order valence-electron chi connectivity index (χ3n) is 0.923. The Labute approximate surface area is 87.4 Å². The molecule has 4 heteroatoms. The molecule has 13 heavy (non-hydrogen) atoms. The molecule has 0 atom stereocenters. The van der Waals surface area contributed by atoms with E-state index >= 15 is 0 Å². The normalized spacial score (nSPS) is 7.38. The van der Waals surface area contributed by atoms with Crippen LogP contribution in [0, 0.1) is 0 Å². The molecule has 0 radical (unpaired) electrons. The maximum absolute atomic E-state index is 10.7. The van der Waals surface area contributed by atoms with Gasteiger partial charge in [0.05, 0.1) is 0 Å². The molecule has 0 aliphatic carbocycles. The van der Waals surface area contributed by atoms with E-state index in [1.165, 1.54) is 0 Å². The van der Waals surface area contributed by atoms with E-state index < -0.39 is 0 Å². The predicted molar refractivity (Wildman–Crippen MR) is 60.3 cm³/mol. The minimum absolute atomic E-state index is 0. The van der Waals surface area contributed by atoms with Crippen LogP contribution in [0.4, 0.5) is 0 Å². The SMILES string of the molecule is C=C(C)C(=O)NCCC.CNC.Cl. The van der Waals surface area contributed by atoms with Gasteiger partial charge < -0.3 is 10.6 Å². The van der Waals surface area contributed by atoms with Crippen molar-refractivity contribution in [1.82, 2.24) is 10.6 Å². The fourth-order valence-corrected chi connectivity index (χ4v) is 0.389. The van der Waals surface area contributed by atoms with Crippen LogP contribution >= 0.6 is 12.4 Å². The van der Waals surface area contributed by atoms with Crippen molar-refractivity contribution in [2.45, 2.75) is 20.3 Å². The molecule has 0 unspecified atom stereocenters. The Morgan fingerprint density at radius 1 is 1.38 bits per heavy atom. The number of carbonyl (C=O) groups is 1. The van der Waals surface area contributed by atoms with Gasteiger partial charge in [-0.1, -0.05) is 13.5 Å². The number of nitrogens with one attached hydrogen (secondary N) is 2. The molecule has 0 aliphatic heterocycles. The van der Waals surface area contributed by atoms with Crippen molar-refractivity contribution < 1.29 is 4.79 Å². The van der Waals surface area contributed by atoms with Crippen molar-refractivity contribution in [1.29, 1.82) is 0 Å². The van der Waals surface area contributed by atoms with Crippen LogP contribution in [0.15, 0.2) is 12.2 Å². The summed E-state index contributed by atoms with van der Waals surface area (Å²) in [6.07, 6.45) is 0.971. The Morgan fingerprint density at radius 3 is 2.00 bits per heavy atom. The smallest absolute Gasteiger partial charge is 0.246 e. The van der Waals surface area contributed by atoms with Crippen LogP contribution in [0.1, 0.15) is 20.3 Å². The van der Waals surface area contributed by atoms with E-state index in [0.29, 0.717) is 5.57 Å². The molecule has 0 aromatic heterocycles. The highest BCUT2D eigenvalue weighted by Gasteiger charge is 1.96. The average Bonchev–Trinajstić information content (AvgIpc) is 2.01. The first-order valence-electron chi connectivity index (χ1n) is 4.12. The van der Waals surface area contributed by atoms with Gasteiger partial charge in [0, 0.05) is 12.1 Å². The largest absolute Gasteiger partial charge is 0.352 e. The van der Waals surface area contributed by atoms with Gasteiger partial charge in [0.1, 0.15) is 0 Å². The Balaban J connectivity index is -0.000000220. The predicted octanol–water partition coefficient (Wildman–Crippen LogP) is 1.35. The highest BCUT2D eigenvalue weighted by atomic mass is 35.5. The molecule has 0 spiro atoms. The standard InChI is InChI=1S/C7H13NO.C2H7N.ClH/c1-4-5-8-7(9)6(2)3;1-3-2;/h2,4-5H2,1,3H3,(H,8,9);3H,1-2H3;1H. The average molecular weight is 209 g/mol. The van der Waals surface area contributed by atoms with Gasteiger partial charge in [-0.3, -0.25) is 4.79 Å². The topological polar surface area (TPSA) is 41.1 Å². The van der Waals surface area contributed by atoms with Gasteiger partial charge >= 0.3 is 0 Å². The molecule has 0 fully saturated rings. The molecule has 0 rings (SSSR count). The van der Waals surface area contributed by atoms with E-state index in [-0.39, 0.29) is 18.3 Å². The lowest BCUT2D eigenvalue weighted by Gasteiger charge is -1.99. The van der Waals surface area contributed by atoms with Gasteiger partial charge in [-0.2, -0.15) is 0 Å². The maximum Gasteiger partial charge on any atom is 0.246 e. The Hall–Kier alpha value is -0.540. The Morgan fingerprint density at radius 2 is 1.77 bits per heavy atom. The van der Waals surface area contributed by atoms with Gasteiger partial charge in [0.2, 0.25) is 5.91 Å². The highest BCUT2D eigenvalue weighted by molar-refractivity contribution is 5.91. The Kier molecular flexibility index (Phi) is 19.7. The van der Waals surface area contributed by atoms with E-state index in [1.54, 1.807) is 6.92 Å². The summed E-state index contributed by atoms with van der Waals surface area (Å²) in [7, 11) is 3.75. The monoisotopic (exact) mass is 208 g/mol. The van der Waals surface area contributed by atoms with Crippen LogP contribution < -0.4 is 10.6 Å². The molecule has 0 saturated carbocycles. The zero-order valence-corrected chi connectivity index (χ0v) is 9.75. The molecule has 80 valence electrons. The summed E-state index contributed by atoms with van der Waals surface area (Å²) in [6, 6.07) is 0. The van der Waals surface area contributed by atoms with Crippen molar-refractivity contribution in [2.75, 3.05) is 20.6 Å². The van der Waals surface area contributed by atoms with Gasteiger partial charge in [-0.25, -0.2) is 0 Å². The molecule has 0 aromatic rings. The fourth-order valence-electron chi connectivity index (χ4n) is 0.389. The first-order valence-corrected chi connectivity index (χ1v) is 4.12. The summed E-state index contributed by atoms with van der Waals surface area (Å²) in [5, 5.41) is 5.44. The Bertz CT molecular complexity index is 138. The van der Waals surface area contributed by atoms with Crippen LogP contribution in [-0.2, 0) is 4.79 Å². The van der Waals surface area contributed by atoms with Gasteiger partial charge in [0.15, 0.2) is 0 Å². The summed E-state index contributed by atoms with van der Waals surface area (Å²) in [4.78, 5) is 10.7. The molecule has 0 heterocycles. The lowest BCUT2D eigenvalue weighted by atomic mass is 10.3. The van der Waals surface area contributed by atoms with Crippen LogP contribution in [0.5, 0.6) is 0 Å². The van der Waals surface area contributed by atoms with E-state index in [9.17, 15) is 4.79 Å². The van der Waals surface area contributed by atoms with Crippen LogP contribution in [0.25, 0.3) is 0 Å². The number of halogens is 1. The summed E-state index contributed by atoms with van der Waals surface area (Å²) >= 11 is 0. The lowest BCUT2D eigenvalue weighted by molar-refractivity contribution is -0.117. The van der Waals surface area contributed by atoms with E-state index in [0.717, 1.165) is 13.0 Å². The van der Waals surface area contributed by atoms with E-state index in [2.05, 4.69) is 17.2 Å². The molecule has 0 aromatic carbocycles. The maximum atomic E-state index is 10.7.